The summed E-state index contributed by atoms with van der Waals surface area (Å²) >= 11 is 0. The summed E-state index contributed by atoms with van der Waals surface area (Å²) in [6, 6.07) is 21.3. The van der Waals surface area contributed by atoms with Crippen LogP contribution in [0.1, 0.15) is 0 Å². The van der Waals surface area contributed by atoms with Crippen LogP contribution in [0.4, 0.5) is 0 Å². The first-order valence-corrected chi connectivity index (χ1v) is 3.98. The van der Waals surface area contributed by atoms with Crippen LogP contribution in [0.15, 0.2) is 54.6 Å². The van der Waals surface area contributed by atoms with Gasteiger partial charge in [0.25, 0.3) is 0 Å². The zero-order valence-corrected chi connectivity index (χ0v) is 9.70. The molecule has 0 aromatic heterocycles. The van der Waals surface area contributed by atoms with Crippen molar-refractivity contribution in [2.24, 2.45) is 0 Å². The fourth-order valence-corrected chi connectivity index (χ4v) is 1.21. The Labute approximate surface area is 101 Å². The Morgan fingerprint density at radius 3 is 1.85 bits per heavy atom. The molecule has 1 heteroatoms. The summed E-state index contributed by atoms with van der Waals surface area (Å²) in [5, 5.41) is 0. The quantitative estimate of drug-likeness (QED) is 0.429. The third-order valence-electron chi connectivity index (χ3n) is 1.83. The third kappa shape index (κ3) is 2.70. The average Bonchev–Trinajstić information content (AvgIpc) is 2.21. The minimum atomic E-state index is 0. The fraction of sp³-hybridized carbons (Fsp3) is 0. The monoisotopic (exact) mass is 176 g/mol. The van der Waals surface area contributed by atoms with Crippen LogP contribution in [0.3, 0.4) is 0 Å². The summed E-state index contributed by atoms with van der Waals surface area (Å²) in [6.07, 6.45) is 0. The van der Waals surface area contributed by atoms with Gasteiger partial charge in [-0.2, -0.15) is 30.3 Å². The molecule has 0 heterocycles. The molecular formula is C12H9Na. The summed E-state index contributed by atoms with van der Waals surface area (Å²) in [5.74, 6) is 0. The summed E-state index contributed by atoms with van der Waals surface area (Å²) in [5.41, 5.74) is 2.50. The largest absolute Gasteiger partial charge is 1.00 e. The molecule has 0 aliphatic heterocycles. The molecule has 0 unspecified atom stereocenters. The van der Waals surface area contributed by atoms with Gasteiger partial charge >= 0.3 is 29.6 Å². The second kappa shape index (κ2) is 5.23. The van der Waals surface area contributed by atoms with E-state index in [1.165, 1.54) is 11.1 Å². The van der Waals surface area contributed by atoms with E-state index in [0.717, 1.165) is 0 Å². The van der Waals surface area contributed by atoms with Crippen molar-refractivity contribution in [1.29, 1.82) is 0 Å². The maximum Gasteiger partial charge on any atom is 1.00 e. The maximum absolute atomic E-state index is 3.00. The van der Waals surface area contributed by atoms with Gasteiger partial charge in [0, 0.05) is 0 Å². The topological polar surface area (TPSA) is 0 Å². The van der Waals surface area contributed by atoms with Crippen molar-refractivity contribution >= 4 is 0 Å². The van der Waals surface area contributed by atoms with E-state index in [9.17, 15) is 0 Å². The molecule has 0 aliphatic rings. The Balaban J connectivity index is 0.000000845. The van der Waals surface area contributed by atoms with Gasteiger partial charge in [0.15, 0.2) is 0 Å². The van der Waals surface area contributed by atoms with Gasteiger partial charge in [-0.05, 0) is 5.56 Å². The normalized spacial score (nSPS) is 8.92. The second-order valence-electron chi connectivity index (χ2n) is 2.65. The molecule has 0 N–H and O–H groups in total. The smallest absolute Gasteiger partial charge is 0.184 e. The molecule has 58 valence electrons. The third-order valence-corrected chi connectivity index (χ3v) is 1.83. The van der Waals surface area contributed by atoms with E-state index in [4.69, 9.17) is 0 Å². The molecule has 0 saturated heterocycles. The van der Waals surface area contributed by atoms with E-state index in [2.05, 4.69) is 30.3 Å². The fourth-order valence-electron chi connectivity index (χ4n) is 1.21. The molecule has 2 rings (SSSR count). The van der Waals surface area contributed by atoms with Crippen LogP contribution in [-0.2, 0) is 0 Å². The van der Waals surface area contributed by atoms with Crippen molar-refractivity contribution < 1.29 is 29.6 Å². The van der Waals surface area contributed by atoms with Crippen molar-refractivity contribution in [2.75, 3.05) is 0 Å². The first-order valence-electron chi connectivity index (χ1n) is 3.98. The van der Waals surface area contributed by atoms with Gasteiger partial charge in [-0.15, -0.1) is 5.56 Å². The van der Waals surface area contributed by atoms with Crippen LogP contribution < -0.4 is 29.6 Å². The van der Waals surface area contributed by atoms with E-state index in [-0.39, 0.29) is 29.6 Å². The van der Waals surface area contributed by atoms with Crippen LogP contribution >= 0.6 is 0 Å². The predicted octanol–water partition coefficient (Wildman–Crippen LogP) is 0.158. The number of hydrogen-bond acceptors (Lipinski definition) is 0. The Morgan fingerprint density at radius 2 is 1.23 bits per heavy atom. The van der Waals surface area contributed by atoms with Gasteiger partial charge in [0.05, 0.1) is 0 Å². The standard InChI is InChI=1S/C12H9.Na/c1-3-7-11(8-4-1)12-9-5-2-6-10-12;/h1,3-10H;/q-1;+1. The van der Waals surface area contributed by atoms with Crippen LogP contribution in [0.5, 0.6) is 0 Å². The van der Waals surface area contributed by atoms with Gasteiger partial charge in [0.2, 0.25) is 0 Å². The Bertz CT molecular complexity index is 303. The van der Waals surface area contributed by atoms with E-state index >= 15 is 0 Å². The van der Waals surface area contributed by atoms with Crippen molar-refractivity contribution in [3.8, 4) is 11.1 Å². The number of rotatable bonds is 1. The SMILES string of the molecule is [Na+].[c-]1ccc(-c2ccccc2)cc1. The van der Waals surface area contributed by atoms with Gasteiger partial charge in [-0.1, -0.05) is 30.3 Å². The molecule has 0 fully saturated rings. The maximum atomic E-state index is 3.00. The molecule has 2 aromatic carbocycles. The first kappa shape index (κ1) is 10.5. The Morgan fingerprint density at radius 1 is 0.692 bits per heavy atom. The number of hydrogen-bond donors (Lipinski definition) is 0. The molecule has 0 nitrogen and oxygen atoms in total. The molecular weight excluding hydrogens is 167 g/mol. The minimum Gasteiger partial charge on any atom is -0.184 e. The minimum absolute atomic E-state index is 0. The summed E-state index contributed by atoms with van der Waals surface area (Å²) in [7, 11) is 0. The number of benzene rings is 2. The second-order valence-corrected chi connectivity index (χ2v) is 2.65. The van der Waals surface area contributed by atoms with Crippen LogP contribution in [-0.4, -0.2) is 0 Å². The Hall–Kier alpha value is -0.560. The zero-order valence-electron chi connectivity index (χ0n) is 7.70. The van der Waals surface area contributed by atoms with Crippen molar-refractivity contribution in [1.82, 2.24) is 0 Å². The van der Waals surface area contributed by atoms with E-state index in [1.54, 1.807) is 0 Å². The molecule has 0 atom stereocenters. The van der Waals surface area contributed by atoms with E-state index in [0.29, 0.717) is 0 Å². The van der Waals surface area contributed by atoms with Crippen LogP contribution in [0.2, 0.25) is 0 Å². The van der Waals surface area contributed by atoms with Crippen molar-refractivity contribution in [2.45, 2.75) is 0 Å². The Kier molecular flexibility index (Phi) is 4.23. The van der Waals surface area contributed by atoms with Gasteiger partial charge in [-0.3, -0.25) is 0 Å². The molecule has 2 aromatic rings. The van der Waals surface area contributed by atoms with Gasteiger partial charge < -0.3 is 0 Å². The molecule has 0 amide bonds. The first-order chi connectivity index (χ1) is 5.97. The molecule has 0 saturated carbocycles. The van der Waals surface area contributed by atoms with Gasteiger partial charge in [-0.25, -0.2) is 0 Å². The molecule has 0 aliphatic carbocycles. The predicted molar refractivity (Wildman–Crippen MR) is 50.7 cm³/mol. The average molecular weight is 176 g/mol. The van der Waals surface area contributed by atoms with Crippen molar-refractivity contribution in [3.05, 3.63) is 60.7 Å². The summed E-state index contributed by atoms with van der Waals surface area (Å²) in [6.45, 7) is 0. The molecule has 0 radical (unpaired) electrons. The van der Waals surface area contributed by atoms with E-state index < -0.39 is 0 Å². The van der Waals surface area contributed by atoms with Gasteiger partial charge in [0.1, 0.15) is 0 Å². The van der Waals surface area contributed by atoms with Crippen LogP contribution in [0.25, 0.3) is 11.1 Å². The summed E-state index contributed by atoms with van der Waals surface area (Å²) < 4.78 is 0. The van der Waals surface area contributed by atoms with Crippen LogP contribution in [0, 0.1) is 6.07 Å². The molecule has 0 bridgehead atoms. The molecule has 0 spiro atoms. The zero-order chi connectivity index (χ0) is 8.23. The summed E-state index contributed by atoms with van der Waals surface area (Å²) in [4.78, 5) is 0. The molecule has 13 heavy (non-hydrogen) atoms. The van der Waals surface area contributed by atoms with Crippen molar-refractivity contribution in [3.63, 3.8) is 0 Å². The van der Waals surface area contributed by atoms with E-state index in [1.807, 2.05) is 30.3 Å².